The van der Waals surface area contributed by atoms with Crippen LogP contribution in [-0.4, -0.2) is 30.1 Å². The molecule has 1 aliphatic heterocycles. The number of amides is 2. The van der Waals surface area contributed by atoms with Gasteiger partial charge in [0.05, 0.1) is 11.4 Å². The van der Waals surface area contributed by atoms with E-state index >= 15 is 0 Å². The van der Waals surface area contributed by atoms with Gasteiger partial charge in [-0.05, 0) is 36.4 Å². The minimum atomic E-state index is -0.461. The maximum absolute atomic E-state index is 12.3. The number of carbonyl (C=O) groups excluding carboxylic acids is 2. The highest BCUT2D eigenvalue weighted by Gasteiger charge is 2.27. The van der Waals surface area contributed by atoms with Crippen molar-refractivity contribution < 1.29 is 19.4 Å². The zero-order valence-electron chi connectivity index (χ0n) is 12.3. The summed E-state index contributed by atoms with van der Waals surface area (Å²) in [7, 11) is 0. The summed E-state index contributed by atoms with van der Waals surface area (Å²) in [6, 6.07) is 9.50. The van der Waals surface area contributed by atoms with E-state index in [0.717, 1.165) is 4.47 Å². The molecule has 6 nitrogen and oxygen atoms in total. The predicted octanol–water partition coefficient (Wildman–Crippen LogP) is 3.17. The highest BCUT2D eigenvalue weighted by atomic mass is 79.9. The molecule has 0 spiro atoms. The van der Waals surface area contributed by atoms with Gasteiger partial charge in [-0.15, -0.1) is 0 Å². The third kappa shape index (κ3) is 3.47. The van der Waals surface area contributed by atoms with Crippen LogP contribution in [0.2, 0.25) is 5.02 Å². The Morgan fingerprint density at radius 2 is 2.12 bits per heavy atom. The smallest absolute Gasteiger partial charge is 0.265 e. The summed E-state index contributed by atoms with van der Waals surface area (Å²) in [5.41, 5.74) is 0.698. The normalized spacial score (nSPS) is 13.2. The molecule has 0 bridgehead atoms. The van der Waals surface area contributed by atoms with Crippen LogP contribution >= 0.6 is 27.5 Å². The number of hydrogen-bond acceptors (Lipinski definition) is 4. The fourth-order valence-electron chi connectivity index (χ4n) is 2.29. The van der Waals surface area contributed by atoms with Gasteiger partial charge < -0.3 is 15.2 Å². The molecule has 3 rings (SSSR count). The van der Waals surface area contributed by atoms with E-state index in [9.17, 15) is 14.7 Å². The van der Waals surface area contributed by atoms with Gasteiger partial charge in [0, 0.05) is 9.50 Å². The van der Waals surface area contributed by atoms with Gasteiger partial charge in [-0.3, -0.25) is 14.5 Å². The highest BCUT2D eigenvalue weighted by molar-refractivity contribution is 9.10. The lowest BCUT2D eigenvalue weighted by atomic mass is 10.2. The topological polar surface area (TPSA) is 78.9 Å². The third-order valence-electron chi connectivity index (χ3n) is 3.40. The SMILES string of the molecule is O=C(CN1C(=O)COc2cc(Br)ccc21)Nc1cc(Cl)ccc1O. The average Bonchev–Trinajstić information content (AvgIpc) is 2.53. The van der Waals surface area contributed by atoms with Crippen molar-refractivity contribution in [3.05, 3.63) is 45.9 Å². The molecule has 0 fully saturated rings. The average molecular weight is 412 g/mol. The van der Waals surface area contributed by atoms with E-state index < -0.39 is 5.91 Å². The molecule has 0 saturated carbocycles. The van der Waals surface area contributed by atoms with Gasteiger partial charge in [0.15, 0.2) is 6.61 Å². The third-order valence-corrected chi connectivity index (χ3v) is 4.13. The lowest BCUT2D eigenvalue weighted by Gasteiger charge is -2.29. The van der Waals surface area contributed by atoms with Crippen molar-refractivity contribution in [3.8, 4) is 11.5 Å². The zero-order chi connectivity index (χ0) is 17.3. The number of nitrogens with zero attached hydrogens (tertiary/aromatic N) is 1. The maximum Gasteiger partial charge on any atom is 0.265 e. The molecule has 2 amide bonds. The van der Waals surface area contributed by atoms with Crippen LogP contribution in [0.5, 0.6) is 11.5 Å². The van der Waals surface area contributed by atoms with Crippen molar-refractivity contribution in [2.24, 2.45) is 0 Å². The molecule has 1 aliphatic rings. The van der Waals surface area contributed by atoms with Crippen LogP contribution in [0, 0.1) is 0 Å². The van der Waals surface area contributed by atoms with E-state index in [-0.39, 0.29) is 30.5 Å². The summed E-state index contributed by atoms with van der Waals surface area (Å²) in [5.74, 6) is -0.375. The standard InChI is InChI=1S/C16H12BrClN2O4/c17-9-1-3-12-14(5-9)24-8-16(23)20(12)7-15(22)19-11-6-10(18)2-4-13(11)21/h1-6,21H,7-8H2,(H,19,22). The second-order valence-corrected chi connectivity index (χ2v) is 6.44. The molecular formula is C16H12BrClN2O4. The number of rotatable bonds is 3. The van der Waals surface area contributed by atoms with Crippen molar-refractivity contribution in [1.29, 1.82) is 0 Å². The molecular weight excluding hydrogens is 400 g/mol. The minimum Gasteiger partial charge on any atom is -0.506 e. The van der Waals surface area contributed by atoms with E-state index in [0.29, 0.717) is 16.5 Å². The Morgan fingerprint density at radius 1 is 1.33 bits per heavy atom. The van der Waals surface area contributed by atoms with Gasteiger partial charge in [-0.2, -0.15) is 0 Å². The Kier molecular flexibility index (Phi) is 4.64. The fraction of sp³-hybridized carbons (Fsp3) is 0.125. The molecule has 24 heavy (non-hydrogen) atoms. The first kappa shape index (κ1) is 16.6. The van der Waals surface area contributed by atoms with Gasteiger partial charge >= 0.3 is 0 Å². The van der Waals surface area contributed by atoms with E-state index in [1.807, 2.05) is 0 Å². The fourth-order valence-corrected chi connectivity index (χ4v) is 2.81. The number of aromatic hydroxyl groups is 1. The molecule has 2 aromatic rings. The van der Waals surface area contributed by atoms with E-state index in [2.05, 4.69) is 21.2 Å². The number of phenols is 1. The monoisotopic (exact) mass is 410 g/mol. The Morgan fingerprint density at radius 3 is 2.92 bits per heavy atom. The Labute approximate surface area is 151 Å². The number of nitrogens with one attached hydrogen (secondary N) is 1. The number of anilines is 2. The molecule has 0 unspecified atom stereocenters. The van der Waals surface area contributed by atoms with Gasteiger partial charge in [-0.1, -0.05) is 27.5 Å². The number of halogens is 2. The summed E-state index contributed by atoms with van der Waals surface area (Å²) in [6.07, 6.45) is 0. The second-order valence-electron chi connectivity index (χ2n) is 5.09. The van der Waals surface area contributed by atoms with Crippen LogP contribution < -0.4 is 15.0 Å². The van der Waals surface area contributed by atoms with Crippen molar-refractivity contribution in [2.75, 3.05) is 23.4 Å². The molecule has 0 atom stereocenters. The first-order chi connectivity index (χ1) is 11.4. The Bertz CT molecular complexity index is 828. The molecule has 0 aliphatic carbocycles. The highest BCUT2D eigenvalue weighted by Crippen LogP contribution is 2.34. The Hall–Kier alpha value is -2.25. The van der Waals surface area contributed by atoms with Crippen molar-refractivity contribution in [3.63, 3.8) is 0 Å². The minimum absolute atomic E-state index is 0.106. The van der Waals surface area contributed by atoms with Crippen LogP contribution in [-0.2, 0) is 9.59 Å². The van der Waals surface area contributed by atoms with E-state index in [1.165, 1.54) is 23.1 Å². The molecule has 2 N–H and O–H groups in total. The van der Waals surface area contributed by atoms with Crippen molar-refractivity contribution in [1.82, 2.24) is 0 Å². The summed E-state index contributed by atoms with van der Waals surface area (Å²) in [5, 5.41) is 12.7. The molecule has 0 saturated heterocycles. The van der Waals surface area contributed by atoms with Crippen molar-refractivity contribution >= 4 is 50.7 Å². The molecule has 124 valence electrons. The van der Waals surface area contributed by atoms with Crippen molar-refractivity contribution in [2.45, 2.75) is 0 Å². The maximum atomic E-state index is 12.3. The lowest BCUT2D eigenvalue weighted by Crippen LogP contribution is -2.43. The number of phenolic OH excluding ortho intramolecular Hbond substituents is 1. The second kappa shape index (κ2) is 6.70. The lowest BCUT2D eigenvalue weighted by molar-refractivity contribution is -0.123. The van der Waals surface area contributed by atoms with Crippen LogP contribution in [0.1, 0.15) is 0 Å². The summed E-state index contributed by atoms with van der Waals surface area (Å²) in [6.45, 7) is -0.345. The van der Waals surface area contributed by atoms with Gasteiger partial charge in [0.1, 0.15) is 18.0 Å². The van der Waals surface area contributed by atoms with E-state index in [4.69, 9.17) is 16.3 Å². The first-order valence-electron chi connectivity index (χ1n) is 6.95. The van der Waals surface area contributed by atoms with Crippen LogP contribution in [0.4, 0.5) is 11.4 Å². The number of hydrogen-bond donors (Lipinski definition) is 2. The number of benzene rings is 2. The van der Waals surface area contributed by atoms with Gasteiger partial charge in [0.2, 0.25) is 5.91 Å². The molecule has 2 aromatic carbocycles. The van der Waals surface area contributed by atoms with Crippen LogP contribution in [0.25, 0.3) is 0 Å². The number of carbonyl (C=O) groups is 2. The van der Waals surface area contributed by atoms with Crippen LogP contribution in [0.15, 0.2) is 40.9 Å². The summed E-state index contributed by atoms with van der Waals surface area (Å²) in [4.78, 5) is 25.7. The molecule has 0 aromatic heterocycles. The van der Waals surface area contributed by atoms with E-state index in [1.54, 1.807) is 18.2 Å². The van der Waals surface area contributed by atoms with Crippen LogP contribution in [0.3, 0.4) is 0 Å². The first-order valence-corrected chi connectivity index (χ1v) is 8.12. The number of fused-ring (bicyclic) bond motifs is 1. The Balaban J connectivity index is 1.79. The summed E-state index contributed by atoms with van der Waals surface area (Å²) >= 11 is 9.18. The zero-order valence-corrected chi connectivity index (χ0v) is 14.6. The molecule has 0 radical (unpaired) electrons. The largest absolute Gasteiger partial charge is 0.506 e. The number of ether oxygens (including phenoxy) is 1. The van der Waals surface area contributed by atoms with Gasteiger partial charge in [0.25, 0.3) is 5.91 Å². The molecule has 8 heteroatoms. The van der Waals surface area contributed by atoms with Gasteiger partial charge in [-0.25, -0.2) is 0 Å². The predicted molar refractivity (Wildman–Crippen MR) is 93.7 cm³/mol. The quantitative estimate of drug-likeness (QED) is 0.761. The summed E-state index contributed by atoms with van der Waals surface area (Å²) < 4.78 is 6.18. The molecule has 1 heterocycles.